The summed E-state index contributed by atoms with van der Waals surface area (Å²) in [6, 6.07) is 4.42. The maximum Gasteiger partial charge on any atom is 0.270 e. The van der Waals surface area contributed by atoms with Crippen molar-refractivity contribution in [2.24, 2.45) is 0 Å². The second kappa shape index (κ2) is 5.55. The molecule has 2 rings (SSSR count). The summed E-state index contributed by atoms with van der Waals surface area (Å²) in [6.45, 7) is 0.215. The number of hydrogen-bond donors (Lipinski definition) is 2. The highest BCUT2D eigenvalue weighted by Gasteiger charge is 2.25. The molecule has 0 saturated carbocycles. The number of nitrogens with one attached hydrogen (secondary N) is 2. The lowest BCUT2D eigenvalue weighted by molar-refractivity contribution is -0.385. The Morgan fingerprint density at radius 2 is 2.15 bits per heavy atom. The molecule has 0 aromatic heterocycles. The van der Waals surface area contributed by atoms with Crippen LogP contribution in [0.15, 0.2) is 29.2 Å². The lowest BCUT2D eigenvalue weighted by Crippen LogP contribution is -2.47. The third-order valence-corrected chi connectivity index (χ3v) is 4.44. The van der Waals surface area contributed by atoms with Crippen LogP contribution in [-0.2, 0) is 14.8 Å². The number of non-ortho nitro benzene ring substituents is 1. The SMILES string of the molecule is O=C1CCC(NS(=O)(=O)c2cccc([N+](=O)[O-])c2)CN1. The summed E-state index contributed by atoms with van der Waals surface area (Å²) < 4.78 is 26.7. The van der Waals surface area contributed by atoms with E-state index in [1.165, 1.54) is 18.2 Å². The quantitative estimate of drug-likeness (QED) is 0.606. The van der Waals surface area contributed by atoms with Crippen molar-refractivity contribution in [3.05, 3.63) is 34.4 Å². The smallest absolute Gasteiger partial charge is 0.270 e. The molecule has 1 fully saturated rings. The zero-order chi connectivity index (χ0) is 14.8. The molecule has 1 saturated heterocycles. The molecule has 1 aromatic carbocycles. The van der Waals surface area contributed by atoms with Gasteiger partial charge in [0.15, 0.2) is 0 Å². The molecule has 108 valence electrons. The van der Waals surface area contributed by atoms with Gasteiger partial charge in [0.2, 0.25) is 15.9 Å². The van der Waals surface area contributed by atoms with Gasteiger partial charge in [-0.15, -0.1) is 0 Å². The predicted molar refractivity (Wildman–Crippen MR) is 69.4 cm³/mol. The van der Waals surface area contributed by atoms with Gasteiger partial charge in [0.25, 0.3) is 5.69 Å². The molecule has 2 N–H and O–H groups in total. The van der Waals surface area contributed by atoms with E-state index in [9.17, 15) is 23.3 Å². The molecular formula is C11H13N3O5S. The first-order chi connectivity index (χ1) is 9.38. The molecule has 1 aromatic rings. The van der Waals surface area contributed by atoms with Crippen LogP contribution in [-0.4, -0.2) is 31.8 Å². The van der Waals surface area contributed by atoms with Gasteiger partial charge in [-0.1, -0.05) is 6.07 Å². The molecule has 1 unspecified atom stereocenters. The minimum absolute atomic E-state index is 0.115. The first-order valence-electron chi connectivity index (χ1n) is 5.92. The Kier molecular flexibility index (Phi) is 4.00. The van der Waals surface area contributed by atoms with Gasteiger partial charge in [0, 0.05) is 31.1 Å². The third-order valence-electron chi connectivity index (χ3n) is 2.93. The number of piperidine rings is 1. The minimum Gasteiger partial charge on any atom is -0.355 e. The van der Waals surface area contributed by atoms with Crippen LogP contribution in [0.5, 0.6) is 0 Å². The molecule has 0 bridgehead atoms. The minimum atomic E-state index is -3.84. The number of hydrogen-bond acceptors (Lipinski definition) is 5. The second-order valence-electron chi connectivity index (χ2n) is 4.42. The predicted octanol–water partition coefficient (Wildman–Crippen LogP) is 0.152. The summed E-state index contributed by atoms with van der Waals surface area (Å²) in [6.07, 6.45) is 0.655. The third kappa shape index (κ3) is 3.31. The van der Waals surface area contributed by atoms with E-state index in [0.29, 0.717) is 6.42 Å². The maximum absolute atomic E-state index is 12.1. The molecular weight excluding hydrogens is 286 g/mol. The highest BCUT2D eigenvalue weighted by molar-refractivity contribution is 7.89. The van der Waals surface area contributed by atoms with Crippen molar-refractivity contribution < 1.29 is 18.1 Å². The Bertz CT molecular complexity index is 633. The number of amides is 1. The highest BCUT2D eigenvalue weighted by Crippen LogP contribution is 2.18. The Hall–Kier alpha value is -2.00. The number of carbonyl (C=O) groups excluding carboxylic acids is 1. The number of nitro groups is 1. The summed E-state index contributed by atoms with van der Waals surface area (Å²) in [7, 11) is -3.84. The number of rotatable bonds is 4. The van der Waals surface area contributed by atoms with Crippen LogP contribution < -0.4 is 10.0 Å². The number of nitro benzene ring substituents is 1. The molecule has 1 aliphatic heterocycles. The van der Waals surface area contributed by atoms with Crippen LogP contribution in [0.25, 0.3) is 0 Å². The maximum atomic E-state index is 12.1. The summed E-state index contributed by atoms with van der Waals surface area (Å²) >= 11 is 0. The standard InChI is InChI=1S/C11H13N3O5S/c15-11-5-4-8(7-12-11)13-20(18,19)10-3-1-2-9(6-10)14(16)17/h1-3,6,8,13H,4-5,7H2,(H,12,15). The average Bonchev–Trinajstić information content (AvgIpc) is 2.41. The summed E-state index contributed by atoms with van der Waals surface area (Å²) in [5, 5.41) is 13.2. The van der Waals surface area contributed by atoms with E-state index in [4.69, 9.17) is 0 Å². The topological polar surface area (TPSA) is 118 Å². The molecule has 9 heteroatoms. The normalized spacial score (nSPS) is 19.4. The van der Waals surface area contributed by atoms with Crippen LogP contribution in [0, 0.1) is 10.1 Å². The van der Waals surface area contributed by atoms with Gasteiger partial charge in [-0.05, 0) is 12.5 Å². The van der Waals surface area contributed by atoms with E-state index >= 15 is 0 Å². The largest absolute Gasteiger partial charge is 0.355 e. The number of benzene rings is 1. The first-order valence-corrected chi connectivity index (χ1v) is 7.40. The Balaban J connectivity index is 2.16. The molecule has 1 heterocycles. The number of sulfonamides is 1. The van der Waals surface area contributed by atoms with Crippen LogP contribution in [0.2, 0.25) is 0 Å². The van der Waals surface area contributed by atoms with Crippen molar-refractivity contribution in [2.75, 3.05) is 6.54 Å². The van der Waals surface area contributed by atoms with Gasteiger partial charge in [0.05, 0.1) is 9.82 Å². The Morgan fingerprint density at radius 1 is 1.40 bits per heavy atom. The Labute approximate surface area is 115 Å². The summed E-state index contributed by atoms with van der Waals surface area (Å²) in [5.74, 6) is -0.115. The van der Waals surface area contributed by atoms with Crippen molar-refractivity contribution >= 4 is 21.6 Å². The van der Waals surface area contributed by atoms with Crippen molar-refractivity contribution in [3.8, 4) is 0 Å². The van der Waals surface area contributed by atoms with Gasteiger partial charge in [-0.2, -0.15) is 0 Å². The monoisotopic (exact) mass is 299 g/mol. The fourth-order valence-corrected chi connectivity index (χ4v) is 3.19. The summed E-state index contributed by atoms with van der Waals surface area (Å²) in [5.41, 5.74) is -0.287. The fourth-order valence-electron chi connectivity index (χ4n) is 1.89. The van der Waals surface area contributed by atoms with Gasteiger partial charge in [-0.25, -0.2) is 13.1 Å². The van der Waals surface area contributed by atoms with E-state index in [2.05, 4.69) is 10.0 Å². The number of carbonyl (C=O) groups is 1. The van der Waals surface area contributed by atoms with E-state index in [1.54, 1.807) is 0 Å². The highest BCUT2D eigenvalue weighted by atomic mass is 32.2. The van der Waals surface area contributed by atoms with E-state index in [0.717, 1.165) is 6.07 Å². The van der Waals surface area contributed by atoms with Gasteiger partial charge < -0.3 is 5.32 Å². The van der Waals surface area contributed by atoms with Crippen LogP contribution in [0.3, 0.4) is 0 Å². The molecule has 0 radical (unpaired) electrons. The zero-order valence-electron chi connectivity index (χ0n) is 10.4. The lowest BCUT2D eigenvalue weighted by atomic mass is 10.1. The van der Waals surface area contributed by atoms with Crippen molar-refractivity contribution in [2.45, 2.75) is 23.8 Å². The number of nitrogens with zero attached hydrogens (tertiary/aromatic N) is 1. The van der Waals surface area contributed by atoms with Crippen LogP contribution in [0.4, 0.5) is 5.69 Å². The fraction of sp³-hybridized carbons (Fsp3) is 0.364. The first kappa shape index (κ1) is 14.4. The molecule has 20 heavy (non-hydrogen) atoms. The van der Waals surface area contributed by atoms with E-state index in [-0.39, 0.29) is 29.5 Å². The van der Waals surface area contributed by atoms with Gasteiger partial charge >= 0.3 is 0 Å². The van der Waals surface area contributed by atoms with Crippen LogP contribution >= 0.6 is 0 Å². The van der Waals surface area contributed by atoms with Crippen LogP contribution in [0.1, 0.15) is 12.8 Å². The Morgan fingerprint density at radius 3 is 2.75 bits per heavy atom. The molecule has 0 aliphatic carbocycles. The van der Waals surface area contributed by atoms with Crippen molar-refractivity contribution in [3.63, 3.8) is 0 Å². The van der Waals surface area contributed by atoms with E-state index < -0.39 is 21.0 Å². The molecule has 1 amide bonds. The molecule has 0 spiro atoms. The van der Waals surface area contributed by atoms with Crippen molar-refractivity contribution in [1.82, 2.24) is 10.0 Å². The molecule has 8 nitrogen and oxygen atoms in total. The molecule has 1 atom stereocenters. The van der Waals surface area contributed by atoms with Crippen molar-refractivity contribution in [1.29, 1.82) is 0 Å². The van der Waals surface area contributed by atoms with E-state index in [1.807, 2.05) is 0 Å². The zero-order valence-corrected chi connectivity index (χ0v) is 11.2. The van der Waals surface area contributed by atoms with Gasteiger partial charge in [-0.3, -0.25) is 14.9 Å². The lowest BCUT2D eigenvalue weighted by Gasteiger charge is -2.23. The van der Waals surface area contributed by atoms with Gasteiger partial charge in [0.1, 0.15) is 0 Å². The average molecular weight is 299 g/mol. The molecule has 1 aliphatic rings. The second-order valence-corrected chi connectivity index (χ2v) is 6.13. The summed E-state index contributed by atoms with van der Waals surface area (Å²) in [4.78, 5) is 20.8.